The molecule has 0 saturated carbocycles. The Labute approximate surface area is 144 Å². The van der Waals surface area contributed by atoms with E-state index < -0.39 is 0 Å². The first kappa shape index (κ1) is 17.7. The van der Waals surface area contributed by atoms with Gasteiger partial charge in [-0.05, 0) is 44.4 Å². The fourth-order valence-corrected chi connectivity index (χ4v) is 4.65. The van der Waals surface area contributed by atoms with Crippen LogP contribution in [0.2, 0.25) is 0 Å². The van der Waals surface area contributed by atoms with Crippen molar-refractivity contribution in [3.63, 3.8) is 0 Å². The molecule has 3 saturated heterocycles. The van der Waals surface area contributed by atoms with Gasteiger partial charge in [0.2, 0.25) is 11.8 Å². The van der Waals surface area contributed by atoms with Crippen LogP contribution in [0.15, 0.2) is 0 Å². The van der Waals surface area contributed by atoms with Crippen LogP contribution in [-0.2, 0) is 14.3 Å². The van der Waals surface area contributed by atoms with E-state index >= 15 is 0 Å². The SMILES string of the molecule is CCOCCCNC(=O)CN1CC2CC(C1)[C@H]1CCCC(=O)N1C2. The summed E-state index contributed by atoms with van der Waals surface area (Å²) in [5.41, 5.74) is 0. The maximum Gasteiger partial charge on any atom is 0.234 e. The molecule has 3 rings (SSSR count). The average molecular weight is 337 g/mol. The maximum atomic E-state index is 12.2. The van der Waals surface area contributed by atoms with Crippen molar-refractivity contribution >= 4 is 11.8 Å². The van der Waals surface area contributed by atoms with Crippen molar-refractivity contribution in [2.45, 2.75) is 45.1 Å². The molecule has 0 spiro atoms. The van der Waals surface area contributed by atoms with Gasteiger partial charge >= 0.3 is 0 Å². The fraction of sp³-hybridized carbons (Fsp3) is 0.889. The highest BCUT2D eigenvalue weighted by Gasteiger charge is 2.43. The van der Waals surface area contributed by atoms with Gasteiger partial charge in [0.15, 0.2) is 0 Å². The van der Waals surface area contributed by atoms with Crippen molar-refractivity contribution in [3.05, 3.63) is 0 Å². The number of piperidine rings is 3. The molecule has 3 aliphatic heterocycles. The lowest BCUT2D eigenvalue weighted by molar-refractivity contribution is -0.145. The number of ether oxygens (including phenoxy) is 1. The number of fused-ring (bicyclic) bond motifs is 4. The normalized spacial score (nSPS) is 30.1. The van der Waals surface area contributed by atoms with Crippen LogP contribution in [-0.4, -0.2) is 73.6 Å². The summed E-state index contributed by atoms with van der Waals surface area (Å²) in [5, 5.41) is 2.99. The molecule has 3 atom stereocenters. The molecule has 3 fully saturated rings. The zero-order chi connectivity index (χ0) is 16.9. The van der Waals surface area contributed by atoms with Gasteiger partial charge < -0.3 is 15.0 Å². The van der Waals surface area contributed by atoms with E-state index in [0.717, 1.165) is 51.9 Å². The minimum atomic E-state index is 0.114. The van der Waals surface area contributed by atoms with Crippen molar-refractivity contribution in [2.24, 2.45) is 11.8 Å². The minimum absolute atomic E-state index is 0.114. The van der Waals surface area contributed by atoms with Crippen molar-refractivity contribution in [1.29, 1.82) is 0 Å². The predicted octanol–water partition coefficient (Wildman–Crippen LogP) is 0.862. The highest BCUT2D eigenvalue weighted by Crippen LogP contribution is 2.37. The number of nitrogens with one attached hydrogen (secondary N) is 1. The molecule has 0 aromatic carbocycles. The minimum Gasteiger partial charge on any atom is -0.382 e. The van der Waals surface area contributed by atoms with E-state index in [1.807, 2.05) is 6.92 Å². The van der Waals surface area contributed by atoms with E-state index in [2.05, 4.69) is 15.1 Å². The molecule has 136 valence electrons. The summed E-state index contributed by atoms with van der Waals surface area (Å²) in [6.07, 6.45) is 4.98. The van der Waals surface area contributed by atoms with Crippen LogP contribution in [0.5, 0.6) is 0 Å². The van der Waals surface area contributed by atoms with Crippen molar-refractivity contribution in [2.75, 3.05) is 45.9 Å². The highest BCUT2D eigenvalue weighted by molar-refractivity contribution is 5.78. The van der Waals surface area contributed by atoms with Gasteiger partial charge in [-0.25, -0.2) is 0 Å². The molecule has 2 bridgehead atoms. The Bertz CT molecular complexity index is 457. The number of carbonyl (C=O) groups is 2. The second kappa shape index (κ2) is 8.30. The Morgan fingerprint density at radius 2 is 2.21 bits per heavy atom. The fourth-order valence-electron chi connectivity index (χ4n) is 4.65. The molecular weight excluding hydrogens is 306 g/mol. The molecule has 1 N–H and O–H groups in total. The molecule has 0 aromatic heterocycles. The van der Waals surface area contributed by atoms with E-state index in [9.17, 15) is 9.59 Å². The Morgan fingerprint density at radius 1 is 1.33 bits per heavy atom. The van der Waals surface area contributed by atoms with Crippen molar-refractivity contribution < 1.29 is 14.3 Å². The van der Waals surface area contributed by atoms with Crippen LogP contribution in [0.1, 0.15) is 39.0 Å². The third kappa shape index (κ3) is 4.28. The second-order valence-electron chi connectivity index (χ2n) is 7.46. The summed E-state index contributed by atoms with van der Waals surface area (Å²) >= 11 is 0. The molecule has 2 amide bonds. The van der Waals surface area contributed by atoms with Crippen LogP contribution in [0.4, 0.5) is 0 Å². The number of carbonyl (C=O) groups excluding carboxylic acids is 2. The summed E-state index contributed by atoms with van der Waals surface area (Å²) in [5.74, 6) is 1.55. The van der Waals surface area contributed by atoms with Gasteiger partial charge in [0.25, 0.3) is 0 Å². The smallest absolute Gasteiger partial charge is 0.234 e. The van der Waals surface area contributed by atoms with Crippen molar-refractivity contribution in [3.8, 4) is 0 Å². The van der Waals surface area contributed by atoms with Gasteiger partial charge in [-0.15, -0.1) is 0 Å². The number of hydrogen-bond donors (Lipinski definition) is 1. The van der Waals surface area contributed by atoms with Gasteiger partial charge in [0.05, 0.1) is 6.54 Å². The topological polar surface area (TPSA) is 61.9 Å². The maximum absolute atomic E-state index is 12.2. The average Bonchev–Trinajstić information content (AvgIpc) is 2.56. The van der Waals surface area contributed by atoms with Crippen molar-refractivity contribution in [1.82, 2.24) is 15.1 Å². The van der Waals surface area contributed by atoms with Gasteiger partial charge in [-0.3, -0.25) is 14.5 Å². The molecule has 0 radical (unpaired) electrons. The lowest BCUT2D eigenvalue weighted by Crippen LogP contribution is -2.61. The van der Waals surface area contributed by atoms with E-state index in [1.165, 1.54) is 6.42 Å². The van der Waals surface area contributed by atoms with Crippen LogP contribution in [0.25, 0.3) is 0 Å². The summed E-state index contributed by atoms with van der Waals surface area (Å²) in [6, 6.07) is 0.416. The number of nitrogens with zero attached hydrogens (tertiary/aromatic N) is 2. The zero-order valence-corrected chi connectivity index (χ0v) is 14.8. The zero-order valence-electron chi connectivity index (χ0n) is 14.8. The third-order valence-electron chi connectivity index (χ3n) is 5.61. The largest absolute Gasteiger partial charge is 0.382 e. The quantitative estimate of drug-likeness (QED) is 0.700. The van der Waals surface area contributed by atoms with Crippen LogP contribution in [0.3, 0.4) is 0 Å². The summed E-state index contributed by atoms with van der Waals surface area (Å²) in [7, 11) is 0. The van der Waals surface area contributed by atoms with E-state index in [0.29, 0.717) is 43.5 Å². The third-order valence-corrected chi connectivity index (χ3v) is 5.61. The molecule has 0 aromatic rings. The number of rotatable bonds is 7. The summed E-state index contributed by atoms with van der Waals surface area (Å²) in [6.45, 7) is 7.38. The highest BCUT2D eigenvalue weighted by atomic mass is 16.5. The van der Waals surface area contributed by atoms with Crippen LogP contribution < -0.4 is 5.32 Å². The summed E-state index contributed by atoms with van der Waals surface area (Å²) in [4.78, 5) is 28.7. The van der Waals surface area contributed by atoms with E-state index in [-0.39, 0.29) is 5.91 Å². The van der Waals surface area contributed by atoms with Gasteiger partial charge in [0.1, 0.15) is 0 Å². The molecule has 3 aliphatic rings. The van der Waals surface area contributed by atoms with E-state index in [1.54, 1.807) is 0 Å². The Kier molecular flexibility index (Phi) is 6.11. The number of hydrogen-bond acceptors (Lipinski definition) is 4. The molecule has 6 nitrogen and oxygen atoms in total. The van der Waals surface area contributed by atoms with Gasteiger partial charge in [-0.1, -0.05) is 0 Å². The molecule has 2 unspecified atom stereocenters. The predicted molar refractivity (Wildman–Crippen MR) is 91.5 cm³/mol. The molecular formula is C18H31N3O3. The van der Waals surface area contributed by atoms with E-state index in [4.69, 9.17) is 4.74 Å². The van der Waals surface area contributed by atoms with Gasteiger partial charge in [0, 0.05) is 51.9 Å². The Morgan fingerprint density at radius 3 is 3.04 bits per heavy atom. The molecule has 6 heteroatoms. The number of amides is 2. The molecule has 24 heavy (non-hydrogen) atoms. The summed E-state index contributed by atoms with van der Waals surface area (Å²) < 4.78 is 5.28. The Hall–Kier alpha value is -1.14. The van der Waals surface area contributed by atoms with Gasteiger partial charge in [-0.2, -0.15) is 0 Å². The lowest BCUT2D eigenvalue weighted by atomic mass is 9.76. The number of likely N-dealkylation sites (tertiary alicyclic amines) is 1. The lowest BCUT2D eigenvalue weighted by Gasteiger charge is -2.52. The molecule has 0 aliphatic carbocycles. The first-order valence-electron chi connectivity index (χ1n) is 9.53. The second-order valence-corrected chi connectivity index (χ2v) is 7.46. The monoisotopic (exact) mass is 337 g/mol. The van der Waals surface area contributed by atoms with Crippen LogP contribution in [0, 0.1) is 11.8 Å². The first-order chi connectivity index (χ1) is 11.7. The Balaban J connectivity index is 1.44. The van der Waals surface area contributed by atoms with Crippen LogP contribution >= 0.6 is 0 Å². The standard InChI is InChI=1S/C18H31N3O3/c1-2-24-8-4-7-19-17(22)13-20-10-14-9-15(12-20)16-5-3-6-18(23)21(16)11-14/h14-16H,2-13H2,1H3,(H,19,22)/t14?,15?,16-/m1/s1. The first-order valence-corrected chi connectivity index (χ1v) is 9.53. The molecule has 3 heterocycles.